The summed E-state index contributed by atoms with van der Waals surface area (Å²) in [6.07, 6.45) is -4.88. The predicted octanol–water partition coefficient (Wildman–Crippen LogP) is 5.15. The van der Waals surface area contributed by atoms with Crippen LogP contribution in [0.25, 0.3) is 0 Å². The molecule has 234 valence electrons. The highest BCUT2D eigenvalue weighted by atomic mass is 32.1. The van der Waals surface area contributed by atoms with Gasteiger partial charge < -0.3 is 20.1 Å². The summed E-state index contributed by atoms with van der Waals surface area (Å²) >= 11 is 1.18. The number of hydrogen-bond donors (Lipinski definition) is 2. The van der Waals surface area contributed by atoms with Gasteiger partial charge in [-0.05, 0) is 48.2 Å². The van der Waals surface area contributed by atoms with E-state index in [0.29, 0.717) is 48.9 Å². The minimum atomic E-state index is -4.83. The molecule has 2 heterocycles. The molecule has 0 unspecified atom stereocenters. The SMILES string of the molecule is CC(F)(F)Oc1cccc(CNC(=O)c2cn(CCCCc3nnc(NC(=O)Cc4cccc(OC(F)(F)F)c4)s3)nn2)c1. The van der Waals surface area contributed by atoms with Gasteiger partial charge in [-0.25, -0.2) is 0 Å². The Kier molecular flexibility index (Phi) is 10.4. The topological polar surface area (TPSA) is 133 Å². The van der Waals surface area contributed by atoms with E-state index in [1.807, 2.05) is 0 Å². The second kappa shape index (κ2) is 14.2. The van der Waals surface area contributed by atoms with Crippen LogP contribution in [0.5, 0.6) is 11.5 Å². The normalized spacial score (nSPS) is 11.7. The average Bonchev–Trinajstić information content (AvgIpc) is 3.58. The molecule has 0 saturated heterocycles. The van der Waals surface area contributed by atoms with Gasteiger partial charge in [0, 0.05) is 26.4 Å². The Morgan fingerprint density at radius 1 is 0.932 bits per heavy atom. The number of ether oxygens (including phenoxy) is 2. The molecule has 0 bridgehead atoms. The standard InChI is InChI=1S/C27H26F5N7O4S/c1-26(28,29)42-19-8-5-7-18(13-19)15-33-24(41)21-16-39(38-35-21)11-3-2-10-23-36-37-25(44-23)34-22(40)14-17-6-4-9-20(12-17)43-27(30,31)32/h4-9,12-13,16H,2-3,10-11,14-15H2,1H3,(H,33,41)(H,34,37,40). The van der Waals surface area contributed by atoms with Gasteiger partial charge in [0.2, 0.25) is 11.0 Å². The zero-order valence-corrected chi connectivity index (χ0v) is 23.9. The van der Waals surface area contributed by atoms with Crippen molar-refractivity contribution in [3.05, 3.63) is 76.6 Å². The van der Waals surface area contributed by atoms with Gasteiger partial charge in [-0.2, -0.15) is 8.78 Å². The van der Waals surface area contributed by atoms with Gasteiger partial charge in [0.25, 0.3) is 5.91 Å². The molecule has 44 heavy (non-hydrogen) atoms. The first-order valence-corrected chi connectivity index (χ1v) is 13.9. The molecule has 0 atom stereocenters. The van der Waals surface area contributed by atoms with E-state index < -0.39 is 30.0 Å². The molecule has 17 heteroatoms. The number of carbonyl (C=O) groups is 2. The van der Waals surface area contributed by atoms with E-state index in [2.05, 4.69) is 40.6 Å². The van der Waals surface area contributed by atoms with Crippen LogP contribution in [0.3, 0.4) is 0 Å². The molecule has 0 aliphatic carbocycles. The molecule has 4 rings (SSSR count). The van der Waals surface area contributed by atoms with E-state index in [1.54, 1.807) is 12.1 Å². The van der Waals surface area contributed by atoms with Gasteiger partial charge in [0.05, 0.1) is 12.6 Å². The fourth-order valence-corrected chi connectivity index (χ4v) is 4.66. The van der Waals surface area contributed by atoms with Crippen molar-refractivity contribution in [3.63, 3.8) is 0 Å². The summed E-state index contributed by atoms with van der Waals surface area (Å²) < 4.78 is 73.3. The van der Waals surface area contributed by atoms with E-state index >= 15 is 0 Å². The maximum absolute atomic E-state index is 13.1. The molecule has 0 saturated carbocycles. The molecule has 2 aromatic heterocycles. The summed E-state index contributed by atoms with van der Waals surface area (Å²) in [6, 6.07) is 11.2. The van der Waals surface area contributed by atoms with Crippen LogP contribution < -0.4 is 20.1 Å². The number of amides is 2. The largest absolute Gasteiger partial charge is 0.573 e. The van der Waals surface area contributed by atoms with Crippen LogP contribution in [-0.2, 0) is 30.7 Å². The minimum absolute atomic E-state index is 0.0206. The number of rotatable bonds is 14. The van der Waals surface area contributed by atoms with Crippen molar-refractivity contribution in [3.8, 4) is 11.5 Å². The second-order valence-electron chi connectivity index (χ2n) is 9.49. The number of benzene rings is 2. The van der Waals surface area contributed by atoms with Crippen LogP contribution in [0.2, 0.25) is 0 Å². The summed E-state index contributed by atoms with van der Waals surface area (Å²) in [7, 11) is 0. The monoisotopic (exact) mass is 639 g/mol. The highest BCUT2D eigenvalue weighted by Gasteiger charge is 2.31. The van der Waals surface area contributed by atoms with Crippen LogP contribution in [-0.4, -0.2) is 49.5 Å². The van der Waals surface area contributed by atoms with Crippen LogP contribution in [0.4, 0.5) is 27.1 Å². The Morgan fingerprint density at radius 2 is 1.64 bits per heavy atom. The number of alkyl halides is 5. The van der Waals surface area contributed by atoms with Crippen LogP contribution in [0, 0.1) is 0 Å². The smallest absolute Gasteiger partial charge is 0.433 e. The number of unbranched alkanes of at least 4 members (excludes halogenated alkanes) is 1. The van der Waals surface area contributed by atoms with Crippen molar-refractivity contribution in [2.24, 2.45) is 0 Å². The second-order valence-corrected chi connectivity index (χ2v) is 10.5. The van der Waals surface area contributed by atoms with Crippen molar-refractivity contribution in [1.29, 1.82) is 0 Å². The third-order valence-corrected chi connectivity index (χ3v) is 6.56. The number of aromatic nitrogens is 5. The van der Waals surface area contributed by atoms with Crippen molar-refractivity contribution in [2.45, 2.75) is 58.2 Å². The molecule has 4 aromatic rings. The van der Waals surface area contributed by atoms with Crippen molar-refractivity contribution < 1.29 is 41.0 Å². The number of nitrogens with one attached hydrogen (secondary N) is 2. The predicted molar refractivity (Wildman–Crippen MR) is 147 cm³/mol. The molecular weight excluding hydrogens is 613 g/mol. The summed E-state index contributed by atoms with van der Waals surface area (Å²) in [5, 5.41) is 22.0. The Hall–Kier alpha value is -4.67. The Balaban J connectivity index is 1.16. The molecule has 0 radical (unpaired) electrons. The maximum atomic E-state index is 13.1. The number of hydrogen-bond acceptors (Lipinski definition) is 9. The zero-order valence-electron chi connectivity index (χ0n) is 23.1. The van der Waals surface area contributed by atoms with Crippen LogP contribution in [0.15, 0.2) is 54.7 Å². The van der Waals surface area contributed by atoms with Gasteiger partial charge in [-0.3, -0.25) is 14.3 Å². The average molecular weight is 640 g/mol. The molecule has 2 aromatic carbocycles. The Bertz CT molecular complexity index is 1570. The van der Waals surface area contributed by atoms with E-state index in [0.717, 1.165) is 12.1 Å². The first kappa shape index (κ1) is 32.2. The summed E-state index contributed by atoms with van der Waals surface area (Å²) in [5.41, 5.74) is 1.00. The lowest BCUT2D eigenvalue weighted by atomic mass is 10.1. The highest BCUT2D eigenvalue weighted by Crippen LogP contribution is 2.24. The number of carbonyl (C=O) groups excluding carboxylic acids is 2. The molecule has 11 nitrogen and oxygen atoms in total. The number of aryl methyl sites for hydroxylation is 2. The molecule has 2 amide bonds. The lowest BCUT2D eigenvalue weighted by molar-refractivity contribution is -0.274. The van der Waals surface area contributed by atoms with Gasteiger partial charge in [-0.1, -0.05) is 40.8 Å². The van der Waals surface area contributed by atoms with E-state index in [4.69, 9.17) is 0 Å². The fraction of sp³-hybridized carbons (Fsp3) is 0.333. The summed E-state index contributed by atoms with van der Waals surface area (Å²) in [4.78, 5) is 24.8. The van der Waals surface area contributed by atoms with E-state index in [1.165, 1.54) is 46.5 Å². The van der Waals surface area contributed by atoms with Gasteiger partial charge in [0.15, 0.2) is 5.69 Å². The lowest BCUT2D eigenvalue weighted by Gasteiger charge is -2.13. The quantitative estimate of drug-likeness (QED) is 0.143. The Labute approximate surface area is 251 Å². The molecule has 2 N–H and O–H groups in total. The molecule has 0 aliphatic rings. The molecule has 0 spiro atoms. The minimum Gasteiger partial charge on any atom is -0.433 e. The van der Waals surface area contributed by atoms with Gasteiger partial charge >= 0.3 is 12.5 Å². The van der Waals surface area contributed by atoms with Crippen molar-refractivity contribution in [2.75, 3.05) is 5.32 Å². The van der Waals surface area contributed by atoms with Gasteiger partial charge in [-0.15, -0.1) is 28.5 Å². The molecule has 0 fully saturated rings. The lowest BCUT2D eigenvalue weighted by Crippen LogP contribution is -2.23. The first-order chi connectivity index (χ1) is 20.8. The third-order valence-electron chi connectivity index (χ3n) is 5.66. The molecular formula is C27H26F5N7O4S. The zero-order chi connectivity index (χ0) is 31.7. The summed E-state index contributed by atoms with van der Waals surface area (Å²) in [6.45, 7) is 1.19. The number of nitrogens with zero attached hydrogens (tertiary/aromatic N) is 5. The van der Waals surface area contributed by atoms with Crippen LogP contribution in [0.1, 0.15) is 46.4 Å². The third kappa shape index (κ3) is 10.9. The Morgan fingerprint density at radius 3 is 2.36 bits per heavy atom. The van der Waals surface area contributed by atoms with Crippen molar-refractivity contribution >= 4 is 28.3 Å². The van der Waals surface area contributed by atoms with E-state index in [-0.39, 0.29) is 29.5 Å². The first-order valence-electron chi connectivity index (χ1n) is 13.1. The van der Waals surface area contributed by atoms with Crippen LogP contribution >= 0.6 is 11.3 Å². The maximum Gasteiger partial charge on any atom is 0.573 e. The van der Waals surface area contributed by atoms with E-state index in [9.17, 15) is 31.5 Å². The highest BCUT2D eigenvalue weighted by molar-refractivity contribution is 7.15. The number of halogens is 5. The van der Waals surface area contributed by atoms with Crippen molar-refractivity contribution in [1.82, 2.24) is 30.5 Å². The molecule has 0 aliphatic heterocycles. The van der Waals surface area contributed by atoms with Gasteiger partial charge in [0.1, 0.15) is 16.5 Å². The summed E-state index contributed by atoms with van der Waals surface area (Å²) in [5.74, 6) is -1.38. The number of anilines is 1. The fourth-order valence-electron chi connectivity index (χ4n) is 3.87.